The molecule has 54 heavy (non-hydrogen) atoms. The second-order valence-corrected chi connectivity index (χ2v) is 17.0. The summed E-state index contributed by atoms with van der Waals surface area (Å²) in [5, 5.41) is 32.7. The lowest BCUT2D eigenvalue weighted by atomic mass is 9.76. The zero-order valence-corrected chi connectivity index (χ0v) is 31.4. The third kappa shape index (κ3) is 8.04. The predicted molar refractivity (Wildman–Crippen MR) is 206 cm³/mol. The Balaban J connectivity index is 1.70. The Morgan fingerprint density at radius 2 is 1.33 bits per heavy atom. The largest absolute Gasteiger partial charge is 0.465 e. The molecule has 0 unspecified atom stereocenters. The van der Waals surface area contributed by atoms with Gasteiger partial charge in [0, 0.05) is 18.0 Å². The molecular formula is C42H42F3N4O4P. The second-order valence-electron chi connectivity index (χ2n) is 13.7. The van der Waals surface area contributed by atoms with Gasteiger partial charge in [-0.25, -0.2) is 4.79 Å². The molecule has 0 aliphatic carbocycles. The molecule has 5 aromatic rings. The van der Waals surface area contributed by atoms with Crippen LogP contribution in [0.2, 0.25) is 0 Å². The van der Waals surface area contributed by atoms with Gasteiger partial charge >= 0.3 is 12.3 Å². The van der Waals surface area contributed by atoms with Crippen molar-refractivity contribution in [1.82, 2.24) is 15.1 Å². The van der Waals surface area contributed by atoms with E-state index in [0.717, 1.165) is 32.9 Å². The van der Waals surface area contributed by atoms with Gasteiger partial charge in [-0.3, -0.25) is 9.69 Å². The Hall–Kier alpha value is -5.46. The van der Waals surface area contributed by atoms with Crippen molar-refractivity contribution >= 4 is 40.0 Å². The summed E-state index contributed by atoms with van der Waals surface area (Å²) in [5.74, 6) is -0.568. The summed E-state index contributed by atoms with van der Waals surface area (Å²) in [6.45, 7) is 4.23. The van der Waals surface area contributed by atoms with E-state index in [9.17, 15) is 28.3 Å². The molecule has 0 aliphatic heterocycles. The van der Waals surface area contributed by atoms with Crippen LogP contribution >= 0.6 is 6.89 Å². The highest BCUT2D eigenvalue weighted by Gasteiger charge is 2.48. The predicted octanol–water partition coefficient (Wildman–Crippen LogP) is 8.51. The summed E-state index contributed by atoms with van der Waals surface area (Å²) in [6, 6.07) is 32.8. The van der Waals surface area contributed by atoms with Crippen molar-refractivity contribution in [2.45, 2.75) is 71.6 Å². The highest BCUT2D eigenvalue weighted by molar-refractivity contribution is 7.97. The van der Waals surface area contributed by atoms with Crippen molar-refractivity contribution in [3.63, 3.8) is 0 Å². The van der Waals surface area contributed by atoms with Gasteiger partial charge in [-0.05, 0) is 65.3 Å². The Labute approximate surface area is 313 Å². The standard InChI is InChI=1S/C42H42F3N4O4P/c1-5-26-41(3,4)38(49(40(51)52)31(6-2)27-36-47-48-39(53-36)29-22-24-30(25-23-29)42(43,44)45)37(50)35(28-46)54(32-16-10-7-11-17-32,33-18-12-8-13-19-33)34-20-14-9-15-21-34/h7-25,31,38H,5-6,26-27H2,1-4H3,(H,51,52)/t31-,38+/m0/s1. The second kappa shape index (κ2) is 16.7. The van der Waals surface area contributed by atoms with Crippen molar-refractivity contribution in [2.75, 3.05) is 0 Å². The fourth-order valence-corrected chi connectivity index (χ4v) is 11.4. The number of ketones is 1. The molecule has 0 radical (unpaired) electrons. The minimum absolute atomic E-state index is 0.0243. The number of carbonyl (C=O) groups is 2. The molecule has 1 heterocycles. The van der Waals surface area contributed by atoms with E-state index < -0.39 is 48.0 Å². The van der Waals surface area contributed by atoms with Gasteiger partial charge in [0.2, 0.25) is 11.8 Å². The Bertz CT molecular complexity index is 2040. The van der Waals surface area contributed by atoms with Crippen LogP contribution in [0.5, 0.6) is 0 Å². The average molecular weight is 755 g/mol. The molecule has 0 fully saturated rings. The fourth-order valence-electron chi connectivity index (χ4n) is 7.23. The highest BCUT2D eigenvalue weighted by Crippen LogP contribution is 2.48. The molecular weight excluding hydrogens is 712 g/mol. The van der Waals surface area contributed by atoms with E-state index in [-0.39, 0.29) is 35.5 Å². The summed E-state index contributed by atoms with van der Waals surface area (Å²) in [6.07, 6.45) is -4.60. The van der Waals surface area contributed by atoms with E-state index in [1.165, 1.54) is 12.1 Å². The summed E-state index contributed by atoms with van der Waals surface area (Å²) in [7, 11) is 0. The Kier molecular flexibility index (Phi) is 12.3. The van der Waals surface area contributed by atoms with E-state index in [1.807, 2.05) is 112 Å². The quantitative estimate of drug-likeness (QED) is 0.113. The Morgan fingerprint density at radius 3 is 1.74 bits per heavy atom. The molecule has 0 bridgehead atoms. The monoisotopic (exact) mass is 754 g/mol. The summed E-state index contributed by atoms with van der Waals surface area (Å²) in [5.41, 5.74) is -1.51. The number of halogens is 3. The first kappa shape index (κ1) is 39.7. The molecule has 0 spiro atoms. The number of aromatic nitrogens is 2. The van der Waals surface area contributed by atoms with Crippen molar-refractivity contribution in [1.29, 1.82) is 5.26 Å². The van der Waals surface area contributed by atoms with Crippen LogP contribution in [0.3, 0.4) is 0 Å². The van der Waals surface area contributed by atoms with E-state index in [4.69, 9.17) is 4.42 Å². The third-order valence-corrected chi connectivity index (χ3v) is 13.9. The molecule has 0 saturated heterocycles. The van der Waals surface area contributed by atoms with Crippen LogP contribution in [0.4, 0.5) is 18.0 Å². The van der Waals surface area contributed by atoms with E-state index >= 15 is 4.79 Å². The number of hydrogen-bond donors (Lipinski definition) is 1. The number of carbonyl (C=O) groups excluding carboxylic acids is 1. The van der Waals surface area contributed by atoms with Gasteiger partial charge in [-0.1, -0.05) is 125 Å². The SMILES string of the molecule is CCCC(C)(C)[C@@H](C(=O)C(C#N)=P(c1ccccc1)(c1ccccc1)c1ccccc1)N(C(=O)O)[C@@H](CC)Cc1nnc(-c2ccc(C(F)(F)F)cc2)o1. The number of benzene rings is 4. The first-order chi connectivity index (χ1) is 25.8. The number of amides is 1. The van der Waals surface area contributed by atoms with Crippen LogP contribution < -0.4 is 15.9 Å². The molecule has 0 saturated carbocycles. The average Bonchev–Trinajstić information content (AvgIpc) is 3.64. The molecule has 5 rings (SSSR count). The lowest BCUT2D eigenvalue weighted by molar-refractivity contribution is -0.137. The zero-order valence-electron chi connectivity index (χ0n) is 30.5. The summed E-state index contributed by atoms with van der Waals surface area (Å²) < 4.78 is 45.3. The topological polar surface area (TPSA) is 120 Å². The number of rotatable bonds is 14. The summed E-state index contributed by atoms with van der Waals surface area (Å²) >= 11 is 0. The van der Waals surface area contributed by atoms with E-state index in [1.54, 1.807) is 6.92 Å². The first-order valence-corrected chi connectivity index (χ1v) is 19.5. The number of nitrogens with zero attached hydrogens (tertiary/aromatic N) is 4. The number of carboxylic acid groups (broad SMARTS) is 1. The lowest BCUT2D eigenvalue weighted by Crippen LogP contribution is -2.59. The lowest BCUT2D eigenvalue weighted by Gasteiger charge is -2.44. The van der Waals surface area contributed by atoms with Gasteiger partial charge in [0.25, 0.3) is 0 Å². The number of hydrogen-bond acceptors (Lipinski definition) is 6. The molecule has 0 aliphatic rings. The minimum atomic E-state index is -4.51. The van der Waals surface area contributed by atoms with Crippen LogP contribution in [-0.4, -0.2) is 49.5 Å². The molecule has 1 amide bonds. The third-order valence-electron chi connectivity index (χ3n) is 9.69. The smallest absolute Gasteiger partial charge is 0.416 e. The van der Waals surface area contributed by atoms with Crippen LogP contribution in [0.25, 0.3) is 11.5 Å². The van der Waals surface area contributed by atoms with Crippen molar-refractivity contribution in [3.05, 3.63) is 127 Å². The fraction of sp³-hybridized carbons (Fsp3) is 0.286. The van der Waals surface area contributed by atoms with Gasteiger partial charge in [-0.2, -0.15) is 18.4 Å². The molecule has 1 N–H and O–H groups in total. The number of nitriles is 1. The molecule has 2 atom stereocenters. The maximum atomic E-state index is 15.6. The van der Waals surface area contributed by atoms with Crippen LogP contribution in [-0.2, 0) is 17.4 Å². The zero-order chi connectivity index (χ0) is 39.1. The highest BCUT2D eigenvalue weighted by atomic mass is 31.2. The van der Waals surface area contributed by atoms with Crippen molar-refractivity contribution < 1.29 is 32.3 Å². The molecule has 8 nitrogen and oxygen atoms in total. The first-order valence-electron chi connectivity index (χ1n) is 17.7. The van der Waals surface area contributed by atoms with Gasteiger partial charge in [0.1, 0.15) is 17.4 Å². The maximum absolute atomic E-state index is 15.6. The van der Waals surface area contributed by atoms with Crippen molar-refractivity contribution in [3.8, 4) is 17.5 Å². The number of Topliss-reactive ketones (excluding diaryl/α,β-unsaturated/α-hetero) is 1. The van der Waals surface area contributed by atoms with Gasteiger partial charge in [0.05, 0.1) is 5.56 Å². The van der Waals surface area contributed by atoms with Crippen LogP contribution in [0.1, 0.15) is 58.4 Å². The van der Waals surface area contributed by atoms with Crippen LogP contribution in [0.15, 0.2) is 120 Å². The van der Waals surface area contributed by atoms with Crippen molar-refractivity contribution in [2.24, 2.45) is 5.41 Å². The van der Waals surface area contributed by atoms with Gasteiger partial charge < -0.3 is 9.52 Å². The molecule has 12 heteroatoms. The Morgan fingerprint density at radius 1 is 0.833 bits per heavy atom. The number of alkyl halides is 3. The van der Waals surface area contributed by atoms with Gasteiger partial charge in [-0.15, -0.1) is 10.2 Å². The molecule has 1 aromatic heterocycles. The molecule has 280 valence electrons. The van der Waals surface area contributed by atoms with Crippen LogP contribution in [0, 0.1) is 16.7 Å². The summed E-state index contributed by atoms with van der Waals surface area (Å²) in [4.78, 5) is 30.3. The van der Waals surface area contributed by atoms with E-state index in [2.05, 4.69) is 16.3 Å². The maximum Gasteiger partial charge on any atom is 0.416 e. The van der Waals surface area contributed by atoms with E-state index in [0.29, 0.717) is 12.8 Å². The molecule has 4 aromatic carbocycles. The minimum Gasteiger partial charge on any atom is -0.465 e. The normalized spacial score (nSPS) is 13.1. The van der Waals surface area contributed by atoms with Gasteiger partial charge in [0.15, 0.2) is 5.78 Å².